The molecule has 230 valence electrons. The first kappa shape index (κ1) is 35.8. The van der Waals surface area contributed by atoms with Gasteiger partial charge in [0.2, 0.25) is 0 Å². The Morgan fingerprint density at radius 1 is 1.10 bits per heavy atom. The Kier molecular flexibility index (Phi) is 14.6. The Bertz CT molecular complexity index is 1260. The molecule has 0 saturated carbocycles. The number of anilines is 1. The van der Waals surface area contributed by atoms with Gasteiger partial charge in [0.25, 0.3) is 20.2 Å². The van der Waals surface area contributed by atoms with E-state index in [0.29, 0.717) is 17.6 Å². The van der Waals surface area contributed by atoms with Crippen LogP contribution in [0.4, 0.5) is 5.82 Å². The Labute approximate surface area is 234 Å². The summed E-state index contributed by atoms with van der Waals surface area (Å²) in [5, 5.41) is 37.0. The molecule has 21 heteroatoms. The van der Waals surface area contributed by atoms with Gasteiger partial charge in [-0.3, -0.25) is 18.5 Å². The van der Waals surface area contributed by atoms with Crippen LogP contribution in [-0.4, -0.2) is 126 Å². The molecule has 1 fully saturated rings. The van der Waals surface area contributed by atoms with Gasteiger partial charge in [0, 0.05) is 0 Å². The molecule has 0 spiro atoms. The summed E-state index contributed by atoms with van der Waals surface area (Å²) >= 11 is 1.60. The van der Waals surface area contributed by atoms with Crippen LogP contribution in [0, 0.1) is 0 Å². The van der Waals surface area contributed by atoms with Gasteiger partial charge in [-0.1, -0.05) is 0 Å². The van der Waals surface area contributed by atoms with Crippen LogP contribution in [0.1, 0.15) is 25.5 Å². The van der Waals surface area contributed by atoms with Crippen LogP contribution in [0.15, 0.2) is 12.7 Å². The number of carboxylic acids is 1. The van der Waals surface area contributed by atoms with Crippen molar-refractivity contribution in [3.8, 4) is 0 Å². The second kappa shape index (κ2) is 16.3. The molecular weight excluding hydrogens is 600 g/mol. The summed E-state index contributed by atoms with van der Waals surface area (Å²) in [5.41, 5.74) is 11.6. The first-order valence-corrected chi connectivity index (χ1v) is 16.1. The normalized spacial score (nSPS) is 21.7. The van der Waals surface area contributed by atoms with Gasteiger partial charge in [0.15, 0.2) is 17.7 Å². The summed E-state index contributed by atoms with van der Waals surface area (Å²) in [6.45, 7) is -0.390. The number of carboxylic acid groups (broad SMARTS) is 1. The molecule has 18 nitrogen and oxygen atoms in total. The van der Waals surface area contributed by atoms with Crippen LogP contribution in [-0.2, 0) is 29.8 Å². The van der Waals surface area contributed by atoms with Gasteiger partial charge >= 0.3 is 5.97 Å². The van der Waals surface area contributed by atoms with Gasteiger partial charge in [-0.25, -0.2) is 15.0 Å². The minimum Gasteiger partial charge on any atom is -0.480 e. The number of aliphatic carboxylic acids is 1. The maximum Gasteiger partial charge on any atom is 0.320 e. The molecule has 1 aliphatic rings. The number of hydrogen-bond donors (Lipinski definition) is 8. The highest BCUT2D eigenvalue weighted by Gasteiger charge is 2.44. The van der Waals surface area contributed by atoms with E-state index in [1.807, 2.05) is 6.26 Å². The smallest absolute Gasteiger partial charge is 0.320 e. The van der Waals surface area contributed by atoms with E-state index in [4.69, 9.17) is 35.5 Å². The molecule has 1 saturated heterocycles. The highest BCUT2D eigenvalue weighted by Crippen LogP contribution is 2.31. The minimum atomic E-state index is -4.02. The van der Waals surface area contributed by atoms with Gasteiger partial charge in [0.1, 0.15) is 36.2 Å². The largest absolute Gasteiger partial charge is 0.480 e. The molecule has 40 heavy (non-hydrogen) atoms. The minimum absolute atomic E-state index is 0.0125. The number of aliphatic hydroxyl groups excluding tert-OH is 3. The lowest BCUT2D eigenvalue weighted by atomic mass is 10.1. The third-order valence-electron chi connectivity index (χ3n) is 5.18. The second-order valence-electron chi connectivity index (χ2n) is 8.32. The SMILES string of the molecule is CSCCC(N)C(=O)O.Nc1ncnc2c1ncn2[C@@H]1O[C@H](CO)[C@@H](O)[C@H]1O.O=S(=O)(O)CCCCS(=O)(=O)O. The van der Waals surface area contributed by atoms with Crippen molar-refractivity contribution in [3.05, 3.63) is 12.7 Å². The van der Waals surface area contributed by atoms with Gasteiger partial charge < -0.3 is 36.6 Å². The summed E-state index contributed by atoms with van der Waals surface area (Å²) in [7, 11) is -8.04. The van der Waals surface area contributed by atoms with Crippen LogP contribution >= 0.6 is 11.8 Å². The van der Waals surface area contributed by atoms with E-state index in [-0.39, 0.29) is 18.7 Å². The van der Waals surface area contributed by atoms with Crippen LogP contribution < -0.4 is 11.5 Å². The van der Waals surface area contributed by atoms with Crippen molar-refractivity contribution >= 4 is 54.9 Å². The number of unbranched alkanes of at least 4 members (excludes halogenated alkanes) is 1. The van der Waals surface area contributed by atoms with E-state index in [1.54, 1.807) is 11.8 Å². The Balaban J connectivity index is 0.000000330. The van der Waals surface area contributed by atoms with E-state index in [0.717, 1.165) is 5.75 Å². The van der Waals surface area contributed by atoms with E-state index in [9.17, 15) is 31.8 Å². The zero-order chi connectivity index (χ0) is 30.7. The average Bonchev–Trinajstić information content (AvgIpc) is 3.41. The van der Waals surface area contributed by atoms with Crippen LogP contribution in [0.5, 0.6) is 0 Å². The predicted octanol–water partition coefficient (Wildman–Crippen LogP) is -2.29. The summed E-state index contributed by atoms with van der Waals surface area (Å²) in [5.74, 6) is -0.849. The zero-order valence-corrected chi connectivity index (χ0v) is 23.7. The third kappa shape index (κ3) is 12.1. The van der Waals surface area contributed by atoms with E-state index < -0.39 is 74.9 Å². The summed E-state index contributed by atoms with van der Waals surface area (Å²) in [4.78, 5) is 22.0. The number of nitrogens with two attached hydrogens (primary N) is 2. The number of hydrogen-bond acceptors (Lipinski definition) is 15. The summed E-state index contributed by atoms with van der Waals surface area (Å²) < 4.78 is 63.7. The molecule has 1 aliphatic heterocycles. The Morgan fingerprint density at radius 3 is 2.12 bits per heavy atom. The number of imidazole rings is 1. The Hall–Kier alpha value is -2.21. The Morgan fingerprint density at radius 2 is 1.68 bits per heavy atom. The molecule has 2 aromatic rings. The monoisotopic (exact) mass is 634 g/mol. The molecule has 5 atom stereocenters. The fraction of sp³-hybridized carbons (Fsp3) is 0.684. The predicted molar refractivity (Wildman–Crippen MR) is 143 cm³/mol. The maximum atomic E-state index is 10.1. The van der Waals surface area contributed by atoms with E-state index in [1.165, 1.54) is 17.2 Å². The van der Waals surface area contributed by atoms with Crippen LogP contribution in [0.2, 0.25) is 0 Å². The highest BCUT2D eigenvalue weighted by atomic mass is 32.2. The number of nitrogen functional groups attached to an aromatic ring is 1. The van der Waals surface area contributed by atoms with E-state index >= 15 is 0 Å². The number of fused-ring (bicyclic) bond motifs is 1. The first-order chi connectivity index (χ1) is 18.5. The topological polar surface area (TPSA) is 312 Å². The zero-order valence-electron chi connectivity index (χ0n) is 21.3. The van der Waals surface area contributed by atoms with Crippen molar-refractivity contribution in [2.24, 2.45) is 5.73 Å². The first-order valence-electron chi connectivity index (χ1n) is 11.5. The quantitative estimate of drug-likeness (QED) is 0.0952. The van der Waals surface area contributed by atoms with Crippen molar-refractivity contribution in [2.45, 2.75) is 49.8 Å². The molecule has 0 aliphatic carbocycles. The number of aliphatic hydroxyl groups is 3. The molecule has 3 heterocycles. The molecule has 10 N–H and O–H groups in total. The van der Waals surface area contributed by atoms with Crippen LogP contribution in [0.25, 0.3) is 11.2 Å². The van der Waals surface area contributed by atoms with Crippen molar-refractivity contribution in [1.82, 2.24) is 19.5 Å². The number of rotatable bonds is 11. The van der Waals surface area contributed by atoms with Crippen LogP contribution in [0.3, 0.4) is 0 Å². The number of ether oxygens (including phenoxy) is 1. The van der Waals surface area contributed by atoms with Gasteiger partial charge in [-0.15, -0.1) is 0 Å². The highest BCUT2D eigenvalue weighted by molar-refractivity contribution is 7.98. The van der Waals surface area contributed by atoms with Crippen molar-refractivity contribution in [3.63, 3.8) is 0 Å². The molecule has 0 radical (unpaired) electrons. The molecule has 1 unspecified atom stereocenters. The average molecular weight is 635 g/mol. The molecule has 0 bridgehead atoms. The molecule has 0 amide bonds. The maximum absolute atomic E-state index is 10.1. The molecule has 2 aromatic heterocycles. The standard InChI is InChI=1S/C10H13N5O4.C5H11NO2S.C4H10O6S2/c11-8-5-9(13-2-12-8)15(3-14-5)10-7(18)6(17)4(1-16)19-10;1-9-3-2-4(6)5(7)8;5-11(6,7)3-1-2-4-12(8,9)10/h2-4,6-7,10,16-18H,1H2,(H2,11,12,13);4H,2-3,6H2,1H3,(H,7,8);1-4H2,(H,5,6,7)(H,8,9,10)/t4-,6-,7-,10-;;/m1../s1. The van der Waals surface area contributed by atoms with Crippen molar-refractivity contribution < 1.29 is 55.9 Å². The number of carbonyl (C=O) groups is 1. The lowest BCUT2D eigenvalue weighted by Gasteiger charge is -2.16. The lowest BCUT2D eigenvalue weighted by Crippen LogP contribution is -2.33. The third-order valence-corrected chi connectivity index (χ3v) is 7.44. The van der Waals surface area contributed by atoms with E-state index in [2.05, 4.69) is 15.0 Å². The number of thioether (sulfide) groups is 1. The van der Waals surface area contributed by atoms with Crippen molar-refractivity contribution in [1.29, 1.82) is 0 Å². The number of aromatic nitrogens is 4. The van der Waals surface area contributed by atoms with Gasteiger partial charge in [-0.2, -0.15) is 28.6 Å². The molecule has 3 rings (SSSR count). The van der Waals surface area contributed by atoms with Gasteiger partial charge in [0.05, 0.1) is 24.4 Å². The fourth-order valence-corrected chi connectivity index (χ4v) is 4.73. The van der Waals surface area contributed by atoms with Crippen molar-refractivity contribution in [2.75, 3.05) is 35.9 Å². The number of nitrogens with zero attached hydrogens (tertiary/aromatic N) is 4. The summed E-state index contributed by atoms with van der Waals surface area (Å²) in [6, 6.07) is -0.683. The molecule has 0 aromatic carbocycles. The second-order valence-corrected chi connectivity index (χ2v) is 12.4. The molecular formula is C19H34N6O12S3. The lowest BCUT2D eigenvalue weighted by molar-refractivity contribution is -0.138. The fourth-order valence-electron chi connectivity index (χ4n) is 3.10. The summed E-state index contributed by atoms with van der Waals surface area (Å²) in [6.07, 6.45) is 1.08. The van der Waals surface area contributed by atoms with Gasteiger partial charge in [-0.05, 0) is 31.3 Å².